The van der Waals surface area contributed by atoms with Gasteiger partial charge in [0, 0.05) is 24.9 Å². The molecule has 1 N–H and O–H groups in total. The zero-order valence-corrected chi connectivity index (χ0v) is 12.2. The molecule has 0 saturated carbocycles. The van der Waals surface area contributed by atoms with Crippen molar-refractivity contribution in [3.63, 3.8) is 0 Å². The van der Waals surface area contributed by atoms with E-state index < -0.39 is 0 Å². The first-order valence-electron chi connectivity index (χ1n) is 7.60. The Hall–Kier alpha value is -2.62. The molecule has 110 valence electrons. The zero-order valence-electron chi connectivity index (χ0n) is 12.2. The Balaban J connectivity index is 1.73. The van der Waals surface area contributed by atoms with Crippen molar-refractivity contribution < 1.29 is 5.21 Å². The van der Waals surface area contributed by atoms with Crippen LogP contribution >= 0.6 is 0 Å². The second-order valence-corrected chi connectivity index (χ2v) is 5.64. The van der Waals surface area contributed by atoms with Gasteiger partial charge in [0.05, 0.1) is 16.7 Å². The lowest BCUT2D eigenvalue weighted by Gasteiger charge is -2.17. The molecular formula is C18H17N3O. The summed E-state index contributed by atoms with van der Waals surface area (Å²) in [6, 6.07) is 16.5. The molecule has 0 saturated heterocycles. The zero-order chi connectivity index (χ0) is 14.9. The molecule has 3 aromatic rings. The summed E-state index contributed by atoms with van der Waals surface area (Å²) in [4.78, 5) is 4.79. The van der Waals surface area contributed by atoms with Gasteiger partial charge in [0.2, 0.25) is 0 Å². The van der Waals surface area contributed by atoms with E-state index in [1.54, 1.807) is 0 Å². The lowest BCUT2D eigenvalue weighted by molar-refractivity contribution is 0.317. The van der Waals surface area contributed by atoms with Crippen molar-refractivity contribution in [1.29, 1.82) is 0 Å². The van der Waals surface area contributed by atoms with Crippen molar-refractivity contribution in [3.05, 3.63) is 65.5 Å². The summed E-state index contributed by atoms with van der Waals surface area (Å²) in [6.45, 7) is 0.830. The molecule has 1 aliphatic rings. The first-order valence-corrected chi connectivity index (χ1v) is 7.60. The van der Waals surface area contributed by atoms with Crippen LogP contribution in [0, 0.1) is 0 Å². The standard InChI is InChI=1S/C18H17N3O/c22-20-15-11-12-21-17(10-9-13-5-2-1-3-6-13)19-16-8-4-7-14(15)18(16)21/h1-8,22H,9-12H2/b20-15+. The molecule has 2 aromatic carbocycles. The van der Waals surface area contributed by atoms with Crippen LogP contribution in [0.15, 0.2) is 53.7 Å². The Kier molecular flexibility index (Phi) is 3.15. The second-order valence-electron chi connectivity index (χ2n) is 5.64. The molecule has 0 radical (unpaired) electrons. The van der Waals surface area contributed by atoms with Crippen LogP contribution in [0.25, 0.3) is 11.0 Å². The predicted molar refractivity (Wildman–Crippen MR) is 86.5 cm³/mol. The summed E-state index contributed by atoms with van der Waals surface area (Å²) in [6.07, 6.45) is 2.65. The number of oxime groups is 1. The maximum Gasteiger partial charge on any atom is 0.110 e. The highest BCUT2D eigenvalue weighted by molar-refractivity contribution is 6.10. The maximum atomic E-state index is 9.19. The highest BCUT2D eigenvalue weighted by Crippen LogP contribution is 2.27. The molecule has 0 spiro atoms. The van der Waals surface area contributed by atoms with Gasteiger partial charge in [-0.2, -0.15) is 0 Å². The summed E-state index contributed by atoms with van der Waals surface area (Å²) in [5, 5.41) is 12.6. The van der Waals surface area contributed by atoms with Gasteiger partial charge >= 0.3 is 0 Å². The summed E-state index contributed by atoms with van der Waals surface area (Å²) >= 11 is 0. The van der Waals surface area contributed by atoms with Crippen molar-refractivity contribution in [2.24, 2.45) is 5.16 Å². The quantitative estimate of drug-likeness (QED) is 0.594. The summed E-state index contributed by atoms with van der Waals surface area (Å²) in [7, 11) is 0. The van der Waals surface area contributed by atoms with Crippen LogP contribution in [-0.2, 0) is 19.4 Å². The van der Waals surface area contributed by atoms with Gasteiger partial charge in [0.1, 0.15) is 5.82 Å². The third kappa shape index (κ3) is 2.08. The van der Waals surface area contributed by atoms with Crippen molar-refractivity contribution >= 4 is 16.7 Å². The molecule has 0 bridgehead atoms. The molecule has 4 heteroatoms. The highest BCUT2D eigenvalue weighted by Gasteiger charge is 2.21. The van der Waals surface area contributed by atoms with Crippen LogP contribution < -0.4 is 0 Å². The molecule has 0 atom stereocenters. The molecular weight excluding hydrogens is 274 g/mol. The normalized spacial score (nSPS) is 15.5. The minimum atomic E-state index is 0.747. The van der Waals surface area contributed by atoms with Gasteiger partial charge in [-0.3, -0.25) is 0 Å². The molecule has 4 rings (SSSR count). The number of para-hydroxylation sites is 1. The smallest absolute Gasteiger partial charge is 0.110 e. The van der Waals surface area contributed by atoms with E-state index in [0.717, 1.165) is 53.9 Å². The summed E-state index contributed by atoms with van der Waals surface area (Å²) < 4.78 is 2.28. The van der Waals surface area contributed by atoms with E-state index in [-0.39, 0.29) is 0 Å². The Morgan fingerprint density at radius 3 is 2.73 bits per heavy atom. The molecule has 4 nitrogen and oxygen atoms in total. The van der Waals surface area contributed by atoms with Gasteiger partial charge in [-0.1, -0.05) is 47.6 Å². The third-order valence-corrected chi connectivity index (χ3v) is 4.33. The van der Waals surface area contributed by atoms with E-state index in [2.05, 4.69) is 34.0 Å². The van der Waals surface area contributed by atoms with Crippen LogP contribution in [-0.4, -0.2) is 20.5 Å². The van der Waals surface area contributed by atoms with E-state index in [4.69, 9.17) is 4.98 Å². The fourth-order valence-electron chi connectivity index (χ4n) is 3.26. The van der Waals surface area contributed by atoms with Gasteiger partial charge in [0.25, 0.3) is 0 Å². The van der Waals surface area contributed by atoms with Gasteiger partial charge < -0.3 is 9.77 Å². The fraction of sp³-hybridized carbons (Fsp3) is 0.222. The van der Waals surface area contributed by atoms with Crippen molar-refractivity contribution in [1.82, 2.24) is 9.55 Å². The molecule has 0 fully saturated rings. The minimum absolute atomic E-state index is 0.747. The average Bonchev–Trinajstić information content (AvgIpc) is 2.94. The number of hydrogen-bond donors (Lipinski definition) is 1. The first-order chi connectivity index (χ1) is 10.9. The fourth-order valence-corrected chi connectivity index (χ4v) is 3.26. The number of aryl methyl sites for hydroxylation is 3. The van der Waals surface area contributed by atoms with Crippen molar-refractivity contribution in [2.75, 3.05) is 0 Å². The number of hydrogen-bond acceptors (Lipinski definition) is 3. The SMILES string of the molecule is O/N=C1\CCn2c(CCc3ccccc3)nc3cccc1c32. The van der Waals surface area contributed by atoms with Crippen LogP contribution in [0.5, 0.6) is 0 Å². The largest absolute Gasteiger partial charge is 0.411 e. The van der Waals surface area contributed by atoms with Crippen LogP contribution in [0.4, 0.5) is 0 Å². The molecule has 2 heterocycles. The van der Waals surface area contributed by atoms with Gasteiger partial charge in [-0.25, -0.2) is 4.98 Å². The Morgan fingerprint density at radius 1 is 1.05 bits per heavy atom. The summed E-state index contributed by atoms with van der Waals surface area (Å²) in [5.41, 5.74) is 5.18. The molecule has 0 amide bonds. The predicted octanol–water partition coefficient (Wildman–Crippen LogP) is 3.40. The van der Waals surface area contributed by atoms with Gasteiger partial charge in [0.15, 0.2) is 0 Å². The second kappa shape index (κ2) is 5.30. The van der Waals surface area contributed by atoms with Crippen LogP contribution in [0.3, 0.4) is 0 Å². The summed E-state index contributed by atoms with van der Waals surface area (Å²) in [5.74, 6) is 1.11. The highest BCUT2D eigenvalue weighted by atomic mass is 16.4. The molecule has 1 aliphatic heterocycles. The van der Waals surface area contributed by atoms with Crippen molar-refractivity contribution in [3.8, 4) is 0 Å². The Labute approximate surface area is 128 Å². The maximum absolute atomic E-state index is 9.19. The number of nitrogens with zero attached hydrogens (tertiary/aromatic N) is 3. The Morgan fingerprint density at radius 2 is 1.91 bits per heavy atom. The topological polar surface area (TPSA) is 50.4 Å². The Bertz CT molecular complexity index is 849. The molecule has 0 aliphatic carbocycles. The lowest BCUT2D eigenvalue weighted by Crippen LogP contribution is -2.17. The molecule has 1 aromatic heterocycles. The number of aromatic nitrogens is 2. The number of benzene rings is 2. The third-order valence-electron chi connectivity index (χ3n) is 4.33. The number of imidazole rings is 1. The average molecular weight is 291 g/mol. The van der Waals surface area contributed by atoms with Crippen molar-refractivity contribution in [2.45, 2.75) is 25.8 Å². The van der Waals surface area contributed by atoms with Gasteiger partial charge in [-0.05, 0) is 18.1 Å². The van der Waals surface area contributed by atoms with E-state index in [9.17, 15) is 5.21 Å². The molecule has 22 heavy (non-hydrogen) atoms. The monoisotopic (exact) mass is 291 g/mol. The van der Waals surface area contributed by atoms with E-state index >= 15 is 0 Å². The minimum Gasteiger partial charge on any atom is -0.411 e. The number of rotatable bonds is 3. The van der Waals surface area contributed by atoms with E-state index in [1.807, 2.05) is 24.3 Å². The van der Waals surface area contributed by atoms with Gasteiger partial charge in [-0.15, -0.1) is 0 Å². The van der Waals surface area contributed by atoms with Crippen LogP contribution in [0.1, 0.15) is 23.4 Å². The first kappa shape index (κ1) is 13.1. The lowest BCUT2D eigenvalue weighted by atomic mass is 10.0. The van der Waals surface area contributed by atoms with Crippen LogP contribution in [0.2, 0.25) is 0 Å². The van der Waals surface area contributed by atoms with E-state index in [1.165, 1.54) is 5.56 Å². The van der Waals surface area contributed by atoms with E-state index in [0.29, 0.717) is 0 Å². The molecule has 0 unspecified atom stereocenters.